The lowest BCUT2D eigenvalue weighted by Crippen LogP contribution is -2.42. The van der Waals surface area contributed by atoms with Gasteiger partial charge in [0.1, 0.15) is 0 Å². The summed E-state index contributed by atoms with van der Waals surface area (Å²) >= 11 is 0. The third-order valence-electron chi connectivity index (χ3n) is 5.57. The number of hydrogen-bond donors (Lipinski definition) is 1. The number of unbranched alkanes of at least 4 members (excludes halogenated alkanes) is 1. The molecule has 2 rings (SSSR count). The summed E-state index contributed by atoms with van der Waals surface area (Å²) in [6.45, 7) is 6.57. The predicted molar refractivity (Wildman–Crippen MR) is 79.8 cm³/mol. The summed E-state index contributed by atoms with van der Waals surface area (Å²) in [6.07, 6.45) is 10.0. The second-order valence-electron chi connectivity index (χ2n) is 6.88. The zero-order chi connectivity index (χ0) is 13.8. The first-order chi connectivity index (χ1) is 9.15. The Labute approximate surface area is 118 Å². The molecule has 0 unspecified atom stereocenters. The molecule has 2 heteroatoms. The van der Waals surface area contributed by atoms with Gasteiger partial charge in [-0.25, -0.2) is 0 Å². The number of amides is 1. The van der Waals surface area contributed by atoms with Gasteiger partial charge < -0.3 is 5.32 Å². The van der Waals surface area contributed by atoms with Crippen molar-refractivity contribution < 1.29 is 4.79 Å². The van der Waals surface area contributed by atoms with Crippen molar-refractivity contribution in [3.05, 3.63) is 0 Å². The summed E-state index contributed by atoms with van der Waals surface area (Å²) in [5.74, 6) is 3.17. The highest BCUT2D eigenvalue weighted by molar-refractivity contribution is 5.78. The summed E-state index contributed by atoms with van der Waals surface area (Å²) < 4.78 is 0. The molecule has 1 amide bonds. The third-order valence-corrected chi connectivity index (χ3v) is 5.57. The number of carbonyl (C=O) groups is 1. The van der Waals surface area contributed by atoms with E-state index in [1.807, 2.05) is 0 Å². The van der Waals surface area contributed by atoms with Gasteiger partial charge in [0.15, 0.2) is 0 Å². The third kappa shape index (κ3) is 3.52. The Morgan fingerprint density at radius 2 is 2.05 bits per heavy atom. The Kier molecular flexibility index (Phi) is 5.29. The molecule has 2 aliphatic rings. The van der Waals surface area contributed by atoms with E-state index in [9.17, 15) is 4.79 Å². The Bertz CT molecular complexity index is 302. The highest BCUT2D eigenvalue weighted by Crippen LogP contribution is 2.49. The van der Waals surface area contributed by atoms with Gasteiger partial charge in [-0.3, -0.25) is 4.79 Å². The quantitative estimate of drug-likeness (QED) is 0.736. The Morgan fingerprint density at radius 1 is 1.26 bits per heavy atom. The van der Waals surface area contributed by atoms with Crippen LogP contribution in [0.5, 0.6) is 0 Å². The van der Waals surface area contributed by atoms with Crippen LogP contribution in [0.2, 0.25) is 0 Å². The molecule has 1 N–H and O–H groups in total. The van der Waals surface area contributed by atoms with Crippen molar-refractivity contribution in [1.29, 1.82) is 0 Å². The minimum absolute atomic E-state index is 0.237. The highest BCUT2D eigenvalue weighted by Gasteiger charge is 2.42. The predicted octanol–water partition coefficient (Wildman–Crippen LogP) is 4.14. The number of hydrogen-bond acceptors (Lipinski definition) is 1. The molecule has 2 nitrogen and oxygen atoms in total. The molecule has 0 aromatic heterocycles. The zero-order valence-corrected chi connectivity index (χ0v) is 13.0. The van der Waals surface area contributed by atoms with Crippen LogP contribution >= 0.6 is 0 Å². The van der Waals surface area contributed by atoms with Crippen molar-refractivity contribution in [1.82, 2.24) is 5.32 Å². The Hall–Kier alpha value is -0.530. The molecule has 110 valence electrons. The standard InChI is InChI=1S/C17H31NO/c1-4-6-7-14(5-2)17(19)18-12(3)16-11-13-8-9-15(16)10-13/h12-16H,4-11H2,1-3H3,(H,18,19)/t12-,13-,14-,15-,16-/m0/s1. The summed E-state index contributed by atoms with van der Waals surface area (Å²) in [4.78, 5) is 12.3. The monoisotopic (exact) mass is 265 g/mol. The van der Waals surface area contributed by atoms with E-state index in [2.05, 4.69) is 26.1 Å². The molecule has 19 heavy (non-hydrogen) atoms. The van der Waals surface area contributed by atoms with Crippen LogP contribution in [-0.4, -0.2) is 11.9 Å². The first-order valence-corrected chi connectivity index (χ1v) is 8.46. The van der Waals surface area contributed by atoms with E-state index in [1.54, 1.807) is 0 Å². The lowest BCUT2D eigenvalue weighted by molar-refractivity contribution is -0.126. The Balaban J connectivity index is 1.80. The maximum Gasteiger partial charge on any atom is 0.223 e. The summed E-state index contributed by atoms with van der Waals surface area (Å²) in [5.41, 5.74) is 0. The molecule has 0 aliphatic heterocycles. The first-order valence-electron chi connectivity index (χ1n) is 8.46. The minimum Gasteiger partial charge on any atom is -0.353 e. The van der Waals surface area contributed by atoms with E-state index in [1.165, 1.54) is 38.5 Å². The smallest absolute Gasteiger partial charge is 0.223 e. The SMILES string of the molecule is CCCC[C@H](CC)C(=O)N[C@@H](C)[C@@H]1C[C@H]2CC[C@H]1C2. The Morgan fingerprint density at radius 3 is 2.58 bits per heavy atom. The molecule has 2 fully saturated rings. The summed E-state index contributed by atoms with van der Waals surface area (Å²) in [7, 11) is 0. The molecule has 0 aromatic rings. The van der Waals surface area contributed by atoms with E-state index >= 15 is 0 Å². The molecule has 2 saturated carbocycles. The van der Waals surface area contributed by atoms with Gasteiger partial charge in [0, 0.05) is 12.0 Å². The fourth-order valence-electron chi connectivity index (χ4n) is 4.33. The van der Waals surface area contributed by atoms with E-state index in [-0.39, 0.29) is 5.92 Å². The lowest BCUT2D eigenvalue weighted by Gasteiger charge is -2.29. The van der Waals surface area contributed by atoms with Gasteiger partial charge >= 0.3 is 0 Å². The fourth-order valence-corrected chi connectivity index (χ4v) is 4.33. The van der Waals surface area contributed by atoms with Crippen LogP contribution in [0.4, 0.5) is 0 Å². The number of fused-ring (bicyclic) bond motifs is 2. The molecule has 0 aromatic carbocycles. The van der Waals surface area contributed by atoms with Gasteiger partial charge in [-0.05, 0) is 56.8 Å². The van der Waals surface area contributed by atoms with Crippen LogP contribution < -0.4 is 5.32 Å². The molecule has 0 radical (unpaired) electrons. The van der Waals surface area contributed by atoms with Crippen molar-refractivity contribution in [2.75, 3.05) is 0 Å². The van der Waals surface area contributed by atoms with Crippen LogP contribution in [0, 0.1) is 23.7 Å². The molecular formula is C17H31NO. The summed E-state index contributed by atoms with van der Waals surface area (Å²) in [5, 5.41) is 3.33. The van der Waals surface area contributed by atoms with Crippen molar-refractivity contribution >= 4 is 5.91 Å². The van der Waals surface area contributed by atoms with Gasteiger partial charge in [-0.15, -0.1) is 0 Å². The first kappa shape index (κ1) is 14.9. The van der Waals surface area contributed by atoms with Crippen LogP contribution in [0.3, 0.4) is 0 Å². The van der Waals surface area contributed by atoms with Gasteiger partial charge in [-0.1, -0.05) is 33.1 Å². The van der Waals surface area contributed by atoms with E-state index in [4.69, 9.17) is 0 Å². The molecule has 2 aliphatic carbocycles. The van der Waals surface area contributed by atoms with Gasteiger partial charge in [-0.2, -0.15) is 0 Å². The van der Waals surface area contributed by atoms with Gasteiger partial charge in [0.2, 0.25) is 5.91 Å². The fraction of sp³-hybridized carbons (Fsp3) is 0.941. The molecule has 2 bridgehead atoms. The van der Waals surface area contributed by atoms with Crippen LogP contribution in [0.15, 0.2) is 0 Å². The van der Waals surface area contributed by atoms with Crippen LogP contribution in [-0.2, 0) is 4.79 Å². The number of nitrogens with one attached hydrogen (secondary N) is 1. The van der Waals surface area contributed by atoms with Crippen molar-refractivity contribution in [3.8, 4) is 0 Å². The largest absolute Gasteiger partial charge is 0.353 e. The molecule has 5 atom stereocenters. The van der Waals surface area contributed by atoms with Gasteiger partial charge in [0.25, 0.3) is 0 Å². The normalized spacial score (nSPS) is 32.3. The zero-order valence-electron chi connectivity index (χ0n) is 13.0. The topological polar surface area (TPSA) is 29.1 Å². The maximum atomic E-state index is 12.3. The average Bonchev–Trinajstić information content (AvgIpc) is 3.01. The van der Waals surface area contributed by atoms with Crippen LogP contribution in [0.1, 0.15) is 72.1 Å². The molecule has 0 saturated heterocycles. The molecule has 0 spiro atoms. The highest BCUT2D eigenvalue weighted by atomic mass is 16.1. The van der Waals surface area contributed by atoms with E-state index in [0.717, 1.165) is 30.6 Å². The van der Waals surface area contributed by atoms with E-state index in [0.29, 0.717) is 11.9 Å². The maximum absolute atomic E-state index is 12.3. The number of carbonyl (C=O) groups excluding carboxylic acids is 1. The number of rotatable bonds is 7. The molecular weight excluding hydrogens is 234 g/mol. The van der Waals surface area contributed by atoms with E-state index < -0.39 is 0 Å². The van der Waals surface area contributed by atoms with Crippen molar-refractivity contribution in [3.63, 3.8) is 0 Å². The second-order valence-corrected chi connectivity index (χ2v) is 6.88. The molecule has 0 heterocycles. The summed E-state index contributed by atoms with van der Waals surface area (Å²) in [6, 6.07) is 0.387. The average molecular weight is 265 g/mol. The minimum atomic E-state index is 0.237. The van der Waals surface area contributed by atoms with Crippen LogP contribution in [0.25, 0.3) is 0 Å². The van der Waals surface area contributed by atoms with Crippen molar-refractivity contribution in [2.45, 2.75) is 78.2 Å². The second kappa shape index (κ2) is 6.76. The van der Waals surface area contributed by atoms with Crippen molar-refractivity contribution in [2.24, 2.45) is 23.7 Å². The lowest BCUT2D eigenvalue weighted by atomic mass is 9.83. The van der Waals surface area contributed by atoms with Gasteiger partial charge in [0.05, 0.1) is 0 Å².